The van der Waals surface area contributed by atoms with E-state index in [4.69, 9.17) is 5.26 Å². The van der Waals surface area contributed by atoms with Crippen LogP contribution in [0.25, 0.3) is 0 Å². The maximum Gasteiger partial charge on any atom is 0.0683 e. The standard InChI is InChI=1S/C16H30N2/c1-5-16(6-2)10-12-18(14-16)11-8-7-9-15(3,4)13-17/h5-12,14H2,1-4H3. The van der Waals surface area contributed by atoms with Gasteiger partial charge in [0.05, 0.1) is 11.5 Å². The molecule has 0 N–H and O–H groups in total. The fourth-order valence-corrected chi connectivity index (χ4v) is 3.00. The molecule has 1 aliphatic rings. The molecule has 0 aliphatic carbocycles. The Bertz CT molecular complexity index is 284. The lowest BCUT2D eigenvalue weighted by Gasteiger charge is -2.26. The maximum absolute atomic E-state index is 8.98. The van der Waals surface area contributed by atoms with E-state index in [0.717, 1.165) is 6.42 Å². The summed E-state index contributed by atoms with van der Waals surface area (Å²) >= 11 is 0. The normalized spacial score (nSPS) is 19.9. The highest BCUT2D eigenvalue weighted by Crippen LogP contribution is 2.37. The molecule has 1 heterocycles. The van der Waals surface area contributed by atoms with Crippen molar-refractivity contribution in [3.8, 4) is 6.07 Å². The van der Waals surface area contributed by atoms with Gasteiger partial charge in [-0.15, -0.1) is 0 Å². The molecule has 1 saturated heterocycles. The van der Waals surface area contributed by atoms with Crippen molar-refractivity contribution in [1.82, 2.24) is 4.90 Å². The van der Waals surface area contributed by atoms with Gasteiger partial charge in [0.2, 0.25) is 0 Å². The van der Waals surface area contributed by atoms with E-state index in [-0.39, 0.29) is 5.41 Å². The molecule has 18 heavy (non-hydrogen) atoms. The van der Waals surface area contributed by atoms with Gasteiger partial charge in [0.15, 0.2) is 0 Å². The molecule has 0 amide bonds. The van der Waals surface area contributed by atoms with E-state index in [2.05, 4.69) is 24.8 Å². The Balaban J connectivity index is 2.21. The minimum absolute atomic E-state index is 0.137. The molecule has 0 radical (unpaired) electrons. The molecule has 0 aromatic carbocycles. The molecule has 2 heteroatoms. The topological polar surface area (TPSA) is 27.0 Å². The van der Waals surface area contributed by atoms with Crippen molar-refractivity contribution < 1.29 is 0 Å². The quantitative estimate of drug-likeness (QED) is 0.633. The number of unbranched alkanes of at least 4 members (excludes halogenated alkanes) is 1. The molecule has 1 rings (SSSR count). The van der Waals surface area contributed by atoms with Crippen molar-refractivity contribution in [2.24, 2.45) is 10.8 Å². The van der Waals surface area contributed by atoms with E-state index in [1.54, 1.807) is 0 Å². The van der Waals surface area contributed by atoms with Crippen LogP contribution in [0.1, 0.15) is 66.2 Å². The number of likely N-dealkylation sites (tertiary alicyclic amines) is 1. The van der Waals surface area contributed by atoms with Crippen LogP contribution in [0.4, 0.5) is 0 Å². The van der Waals surface area contributed by atoms with Crippen molar-refractivity contribution in [2.45, 2.75) is 66.2 Å². The molecule has 0 aromatic heterocycles. The van der Waals surface area contributed by atoms with Crippen LogP contribution in [0, 0.1) is 22.2 Å². The lowest BCUT2D eigenvalue weighted by Crippen LogP contribution is -2.27. The fourth-order valence-electron chi connectivity index (χ4n) is 3.00. The third-order valence-electron chi connectivity index (χ3n) is 4.85. The number of rotatable bonds is 7. The van der Waals surface area contributed by atoms with Crippen LogP contribution in [0.5, 0.6) is 0 Å². The Morgan fingerprint density at radius 1 is 1.22 bits per heavy atom. The van der Waals surface area contributed by atoms with Crippen molar-refractivity contribution in [2.75, 3.05) is 19.6 Å². The Morgan fingerprint density at radius 2 is 1.89 bits per heavy atom. The summed E-state index contributed by atoms with van der Waals surface area (Å²) in [6.07, 6.45) is 7.48. The fraction of sp³-hybridized carbons (Fsp3) is 0.938. The highest BCUT2D eigenvalue weighted by molar-refractivity contribution is 4.91. The summed E-state index contributed by atoms with van der Waals surface area (Å²) in [5.74, 6) is 0. The molecular weight excluding hydrogens is 220 g/mol. The molecule has 0 atom stereocenters. The van der Waals surface area contributed by atoms with Crippen LogP contribution < -0.4 is 0 Å². The van der Waals surface area contributed by atoms with Gasteiger partial charge in [-0.1, -0.05) is 20.3 Å². The zero-order chi connectivity index (χ0) is 13.6. The summed E-state index contributed by atoms with van der Waals surface area (Å²) < 4.78 is 0. The van der Waals surface area contributed by atoms with Crippen LogP contribution >= 0.6 is 0 Å². The summed E-state index contributed by atoms with van der Waals surface area (Å²) in [6, 6.07) is 2.39. The first-order valence-corrected chi connectivity index (χ1v) is 7.60. The predicted octanol–water partition coefficient (Wildman–Crippen LogP) is 4.22. The van der Waals surface area contributed by atoms with Gasteiger partial charge in [-0.05, 0) is 64.5 Å². The number of hydrogen-bond donors (Lipinski definition) is 0. The van der Waals surface area contributed by atoms with Crippen molar-refractivity contribution >= 4 is 0 Å². The SMILES string of the molecule is CCC1(CC)CCN(CCCCC(C)(C)C#N)C1. The Hall–Kier alpha value is -0.550. The zero-order valence-corrected chi connectivity index (χ0v) is 12.8. The van der Waals surface area contributed by atoms with Gasteiger partial charge in [-0.3, -0.25) is 0 Å². The minimum atomic E-state index is -0.137. The molecule has 0 saturated carbocycles. The first-order chi connectivity index (χ1) is 8.47. The van der Waals surface area contributed by atoms with E-state index in [1.165, 1.54) is 51.7 Å². The van der Waals surface area contributed by atoms with Gasteiger partial charge in [0.25, 0.3) is 0 Å². The van der Waals surface area contributed by atoms with Gasteiger partial charge in [-0.2, -0.15) is 5.26 Å². The Morgan fingerprint density at radius 3 is 2.39 bits per heavy atom. The van der Waals surface area contributed by atoms with E-state index in [9.17, 15) is 0 Å². The van der Waals surface area contributed by atoms with Gasteiger partial charge in [0.1, 0.15) is 0 Å². The second kappa shape index (κ2) is 6.57. The molecule has 104 valence electrons. The van der Waals surface area contributed by atoms with Gasteiger partial charge >= 0.3 is 0 Å². The average Bonchev–Trinajstić information content (AvgIpc) is 2.79. The van der Waals surface area contributed by atoms with E-state index in [1.807, 2.05) is 13.8 Å². The van der Waals surface area contributed by atoms with Crippen molar-refractivity contribution in [3.05, 3.63) is 0 Å². The molecule has 0 spiro atoms. The summed E-state index contributed by atoms with van der Waals surface area (Å²) in [7, 11) is 0. The molecule has 0 aromatic rings. The highest BCUT2D eigenvalue weighted by Gasteiger charge is 2.34. The van der Waals surface area contributed by atoms with Crippen molar-refractivity contribution in [3.63, 3.8) is 0 Å². The van der Waals surface area contributed by atoms with Gasteiger partial charge in [0, 0.05) is 6.54 Å². The van der Waals surface area contributed by atoms with Crippen LogP contribution in [0.15, 0.2) is 0 Å². The highest BCUT2D eigenvalue weighted by atomic mass is 15.2. The number of nitriles is 1. The number of nitrogens with zero attached hydrogens (tertiary/aromatic N) is 2. The summed E-state index contributed by atoms with van der Waals surface area (Å²) in [5.41, 5.74) is 0.466. The van der Waals surface area contributed by atoms with E-state index < -0.39 is 0 Å². The predicted molar refractivity (Wildman–Crippen MR) is 77.3 cm³/mol. The average molecular weight is 250 g/mol. The largest absolute Gasteiger partial charge is 0.303 e. The molecule has 2 nitrogen and oxygen atoms in total. The third kappa shape index (κ3) is 4.28. The molecular formula is C16H30N2. The Kier molecular flexibility index (Phi) is 5.66. The third-order valence-corrected chi connectivity index (χ3v) is 4.85. The smallest absolute Gasteiger partial charge is 0.0683 e. The lowest BCUT2D eigenvalue weighted by atomic mass is 9.82. The van der Waals surface area contributed by atoms with Gasteiger partial charge in [-0.25, -0.2) is 0 Å². The molecule has 0 bridgehead atoms. The van der Waals surface area contributed by atoms with Crippen LogP contribution in [0.2, 0.25) is 0 Å². The maximum atomic E-state index is 8.98. The van der Waals surface area contributed by atoms with Gasteiger partial charge < -0.3 is 4.90 Å². The summed E-state index contributed by atoms with van der Waals surface area (Å²) in [5, 5.41) is 8.98. The Labute approximate surface area is 113 Å². The monoisotopic (exact) mass is 250 g/mol. The summed E-state index contributed by atoms with van der Waals surface area (Å²) in [6.45, 7) is 12.6. The lowest BCUT2D eigenvalue weighted by molar-refractivity contribution is 0.236. The van der Waals surface area contributed by atoms with Crippen LogP contribution in [-0.2, 0) is 0 Å². The van der Waals surface area contributed by atoms with Crippen molar-refractivity contribution in [1.29, 1.82) is 5.26 Å². The number of hydrogen-bond acceptors (Lipinski definition) is 2. The molecule has 0 unspecified atom stereocenters. The first-order valence-electron chi connectivity index (χ1n) is 7.60. The second-order valence-corrected chi connectivity index (χ2v) is 6.69. The first kappa shape index (κ1) is 15.5. The molecule has 1 fully saturated rings. The van der Waals surface area contributed by atoms with Crippen LogP contribution in [-0.4, -0.2) is 24.5 Å². The second-order valence-electron chi connectivity index (χ2n) is 6.69. The molecule has 1 aliphatic heterocycles. The summed E-state index contributed by atoms with van der Waals surface area (Å²) in [4.78, 5) is 2.63. The van der Waals surface area contributed by atoms with E-state index >= 15 is 0 Å². The minimum Gasteiger partial charge on any atom is -0.303 e. The zero-order valence-electron chi connectivity index (χ0n) is 12.8. The van der Waals surface area contributed by atoms with Crippen LogP contribution in [0.3, 0.4) is 0 Å². The van der Waals surface area contributed by atoms with E-state index in [0.29, 0.717) is 5.41 Å².